The van der Waals surface area contributed by atoms with Gasteiger partial charge in [0.25, 0.3) is 0 Å². The molecule has 0 aromatic heterocycles. The molecule has 46 heavy (non-hydrogen) atoms. The highest BCUT2D eigenvalue weighted by Crippen LogP contribution is 2.55. The average molecular weight is 630 g/mol. The summed E-state index contributed by atoms with van der Waals surface area (Å²) in [5.41, 5.74) is 0.133. The SMILES string of the molecule is COC[C@H]1NC(=O)CC/C=C\CN(Cc2ccccc2)C(=O)[C@@H]2N(CCO)C(=O)[C@H]3[C@H](C(=O)O[C@@H]1c1ccccc1)[C@@H]1C=C[C@]23O1. The quantitative estimate of drug-likeness (QED) is 0.351. The molecule has 4 aliphatic heterocycles. The lowest BCUT2D eigenvalue weighted by atomic mass is 9.74. The maximum absolute atomic E-state index is 14.6. The largest absolute Gasteiger partial charge is 0.455 e. The van der Waals surface area contributed by atoms with Gasteiger partial charge in [0.2, 0.25) is 17.7 Å². The average Bonchev–Trinajstić information content (AvgIpc) is 3.70. The molecule has 11 heteroatoms. The van der Waals surface area contributed by atoms with E-state index in [9.17, 15) is 24.3 Å². The van der Waals surface area contributed by atoms with Gasteiger partial charge in [-0.05, 0) is 17.5 Å². The maximum atomic E-state index is 14.6. The third kappa shape index (κ3) is 5.86. The van der Waals surface area contributed by atoms with Gasteiger partial charge in [-0.25, -0.2) is 0 Å². The van der Waals surface area contributed by atoms with Crippen molar-refractivity contribution in [2.24, 2.45) is 11.8 Å². The highest BCUT2D eigenvalue weighted by atomic mass is 16.6. The lowest BCUT2D eigenvalue weighted by molar-refractivity contribution is -0.162. The number of aliphatic hydroxyl groups excluding tert-OH is 1. The molecule has 6 rings (SSSR count). The Morgan fingerprint density at radius 3 is 2.46 bits per heavy atom. The standard InChI is InChI=1S/C35H39N3O8/c1-44-22-25-30(24-13-7-3-8-14-24)45-34(43)28-26-16-17-35(46-26)29(28)32(41)38(19-20-39)31(35)33(42)37(21-23-11-5-2-6-12-23)18-10-4-9-15-27(40)36-25/h2-8,10-14,16-17,25-26,28-31,39H,9,15,18-22H2,1H3,(H,36,40)/b10-4-/t25-,26+,28-,29-,30-,31+,35-/m1/s1. The Morgan fingerprint density at radius 2 is 1.74 bits per heavy atom. The molecule has 11 nitrogen and oxygen atoms in total. The summed E-state index contributed by atoms with van der Waals surface area (Å²) >= 11 is 0. The molecule has 4 heterocycles. The van der Waals surface area contributed by atoms with Gasteiger partial charge < -0.3 is 34.4 Å². The predicted octanol–water partition coefficient (Wildman–Crippen LogP) is 1.92. The van der Waals surface area contributed by atoms with E-state index >= 15 is 0 Å². The number of β-amino-alcohol motifs (C(OH)–C–C–N with tert-alkyl or cyclic N) is 1. The molecule has 2 aromatic carbocycles. The van der Waals surface area contributed by atoms with E-state index in [2.05, 4.69) is 5.32 Å². The van der Waals surface area contributed by atoms with Crippen LogP contribution >= 0.6 is 0 Å². The highest BCUT2D eigenvalue weighted by molar-refractivity contribution is 5.99. The molecule has 4 aliphatic rings. The Balaban J connectivity index is 1.42. The summed E-state index contributed by atoms with van der Waals surface area (Å²) in [5.74, 6) is -3.81. The number of likely N-dealkylation sites (tertiary alicyclic amines) is 1. The number of fused-ring (bicyclic) bond motifs is 2. The molecule has 0 saturated carbocycles. The molecule has 2 N–H and O–H groups in total. The van der Waals surface area contributed by atoms with Gasteiger partial charge in [-0.15, -0.1) is 0 Å². The molecule has 2 aromatic rings. The minimum Gasteiger partial charge on any atom is -0.455 e. The van der Waals surface area contributed by atoms with Gasteiger partial charge in [-0.2, -0.15) is 0 Å². The monoisotopic (exact) mass is 629 g/mol. The van der Waals surface area contributed by atoms with Crippen molar-refractivity contribution in [3.63, 3.8) is 0 Å². The number of aliphatic hydroxyl groups is 1. The number of esters is 1. The number of nitrogens with one attached hydrogen (secondary N) is 1. The Morgan fingerprint density at radius 1 is 1.00 bits per heavy atom. The van der Waals surface area contributed by atoms with Crippen molar-refractivity contribution in [1.29, 1.82) is 0 Å². The normalized spacial score (nSPS) is 32.0. The Hall–Kier alpha value is -4.32. The molecular formula is C35H39N3O8. The minimum absolute atomic E-state index is 0.0700. The predicted molar refractivity (Wildman–Crippen MR) is 166 cm³/mol. The Labute approximate surface area is 267 Å². The van der Waals surface area contributed by atoms with Gasteiger partial charge in [0.05, 0.1) is 31.3 Å². The molecule has 2 fully saturated rings. The molecule has 1 spiro atoms. The summed E-state index contributed by atoms with van der Waals surface area (Å²) < 4.78 is 18.1. The number of amides is 3. The van der Waals surface area contributed by atoms with E-state index in [4.69, 9.17) is 14.2 Å². The van der Waals surface area contributed by atoms with Gasteiger partial charge in [0.15, 0.2) is 0 Å². The van der Waals surface area contributed by atoms with E-state index in [-0.39, 0.29) is 51.1 Å². The second-order valence-electron chi connectivity index (χ2n) is 12.1. The van der Waals surface area contributed by atoms with E-state index in [1.165, 1.54) is 12.0 Å². The second kappa shape index (κ2) is 13.6. The molecule has 3 amide bonds. The smallest absolute Gasteiger partial charge is 0.313 e. The van der Waals surface area contributed by atoms with Crippen molar-refractivity contribution in [3.05, 3.63) is 96.1 Å². The number of rotatable bonds is 7. The number of methoxy groups -OCH3 is 1. The van der Waals surface area contributed by atoms with Crippen LogP contribution < -0.4 is 5.32 Å². The van der Waals surface area contributed by atoms with Crippen LogP contribution in [0.4, 0.5) is 0 Å². The summed E-state index contributed by atoms with van der Waals surface area (Å²) in [5, 5.41) is 13.0. The van der Waals surface area contributed by atoms with E-state index in [0.717, 1.165) is 5.56 Å². The molecule has 242 valence electrons. The van der Waals surface area contributed by atoms with Crippen molar-refractivity contribution < 1.29 is 38.5 Å². The van der Waals surface area contributed by atoms with Crippen LogP contribution in [0.25, 0.3) is 0 Å². The Kier molecular flexibility index (Phi) is 9.34. The van der Waals surface area contributed by atoms with E-state index in [0.29, 0.717) is 12.0 Å². The zero-order valence-electron chi connectivity index (χ0n) is 25.7. The van der Waals surface area contributed by atoms with Crippen molar-refractivity contribution in [2.75, 3.05) is 33.4 Å². The number of carbonyl (C=O) groups is 4. The fourth-order valence-electron chi connectivity index (χ4n) is 7.20. The van der Waals surface area contributed by atoms with Gasteiger partial charge in [0.1, 0.15) is 23.7 Å². The van der Waals surface area contributed by atoms with E-state index < -0.39 is 53.6 Å². The number of cyclic esters (lactones) is 1. The summed E-state index contributed by atoms with van der Waals surface area (Å²) in [4.78, 5) is 59.0. The highest BCUT2D eigenvalue weighted by Gasteiger charge is 2.73. The zero-order chi connectivity index (χ0) is 32.3. The number of hydrogen-bond donors (Lipinski definition) is 2. The van der Waals surface area contributed by atoms with Crippen LogP contribution in [-0.4, -0.2) is 95.8 Å². The minimum atomic E-state index is -1.41. The first-order valence-electron chi connectivity index (χ1n) is 15.7. The van der Waals surface area contributed by atoms with Crippen LogP contribution in [0.5, 0.6) is 0 Å². The number of benzene rings is 2. The summed E-state index contributed by atoms with van der Waals surface area (Å²) in [6, 6.07) is 16.8. The third-order valence-electron chi connectivity index (χ3n) is 9.21. The lowest BCUT2D eigenvalue weighted by Gasteiger charge is -2.35. The molecular weight excluding hydrogens is 590 g/mol. The summed E-state index contributed by atoms with van der Waals surface area (Å²) in [6.07, 6.45) is 6.02. The van der Waals surface area contributed by atoms with Crippen LogP contribution in [0.1, 0.15) is 30.1 Å². The Bertz CT molecular complexity index is 1500. The van der Waals surface area contributed by atoms with E-state index in [1.54, 1.807) is 29.2 Å². The van der Waals surface area contributed by atoms with Crippen molar-refractivity contribution in [1.82, 2.24) is 15.1 Å². The van der Waals surface area contributed by atoms with Gasteiger partial charge in [-0.1, -0.05) is 85.0 Å². The van der Waals surface area contributed by atoms with E-state index in [1.807, 2.05) is 60.7 Å². The third-order valence-corrected chi connectivity index (χ3v) is 9.21. The lowest BCUT2D eigenvalue weighted by Crippen LogP contribution is -2.56. The molecule has 0 aliphatic carbocycles. The van der Waals surface area contributed by atoms with Crippen LogP contribution in [0, 0.1) is 11.8 Å². The number of hydrogen-bond acceptors (Lipinski definition) is 8. The van der Waals surface area contributed by atoms with Crippen molar-refractivity contribution in [3.8, 4) is 0 Å². The van der Waals surface area contributed by atoms with Gasteiger partial charge >= 0.3 is 5.97 Å². The van der Waals surface area contributed by atoms with Crippen molar-refractivity contribution in [2.45, 2.75) is 49.3 Å². The van der Waals surface area contributed by atoms with Crippen LogP contribution in [0.3, 0.4) is 0 Å². The number of nitrogens with zero attached hydrogens (tertiary/aromatic N) is 2. The first-order chi connectivity index (χ1) is 22.4. The summed E-state index contributed by atoms with van der Waals surface area (Å²) in [6.45, 7) is 0.0859. The fraction of sp³-hybridized carbons (Fsp3) is 0.429. The van der Waals surface area contributed by atoms with Gasteiger partial charge in [0, 0.05) is 33.2 Å². The zero-order valence-corrected chi connectivity index (χ0v) is 25.7. The molecule has 7 atom stereocenters. The molecule has 0 unspecified atom stereocenters. The van der Waals surface area contributed by atoms with Crippen LogP contribution in [0.15, 0.2) is 85.0 Å². The first-order valence-corrected chi connectivity index (χ1v) is 15.7. The first kappa shape index (κ1) is 31.7. The number of allylic oxidation sites excluding steroid dienone is 1. The van der Waals surface area contributed by atoms with Crippen molar-refractivity contribution >= 4 is 23.7 Å². The second-order valence-corrected chi connectivity index (χ2v) is 12.1. The molecule has 5 bridgehead atoms. The topological polar surface area (TPSA) is 135 Å². The molecule has 0 radical (unpaired) electrons. The summed E-state index contributed by atoms with van der Waals surface area (Å²) in [7, 11) is 1.50. The number of carbonyl (C=O) groups excluding carboxylic acids is 4. The van der Waals surface area contributed by atoms with Crippen LogP contribution in [0.2, 0.25) is 0 Å². The van der Waals surface area contributed by atoms with Crippen LogP contribution in [-0.2, 0) is 39.9 Å². The molecule has 2 saturated heterocycles. The number of ether oxygens (including phenoxy) is 3. The fourth-order valence-corrected chi connectivity index (χ4v) is 7.20. The maximum Gasteiger partial charge on any atom is 0.313 e. The van der Waals surface area contributed by atoms with Gasteiger partial charge in [-0.3, -0.25) is 19.2 Å².